The molecule has 1 heterocycles. The molecule has 1 aliphatic rings. The molecule has 0 aromatic rings. The average Bonchev–Trinajstić information content (AvgIpc) is 2.41. The molecule has 2 atom stereocenters. The summed E-state index contributed by atoms with van der Waals surface area (Å²) in [6.45, 7) is 0. The Hall–Kier alpha value is -0.300. The Morgan fingerprint density at radius 3 is 2.44 bits per heavy atom. The van der Waals surface area contributed by atoms with Gasteiger partial charge in [-0.1, -0.05) is 0 Å². The minimum Gasteiger partial charge on any atom is -0.393 e. The first-order valence-corrected chi connectivity index (χ1v) is 6.95. The van der Waals surface area contributed by atoms with Crippen molar-refractivity contribution < 1.29 is 26.7 Å². The van der Waals surface area contributed by atoms with E-state index in [1.54, 1.807) is 0 Å². The number of alkyl halides is 3. The van der Waals surface area contributed by atoms with E-state index >= 15 is 0 Å². The van der Waals surface area contributed by atoms with Crippen LogP contribution in [-0.4, -0.2) is 37.3 Å². The molecule has 1 fully saturated rings. The molecular weight excluding hydrogens is 245 g/mol. The van der Waals surface area contributed by atoms with Crippen LogP contribution >= 0.6 is 0 Å². The fraction of sp³-hybridized carbons (Fsp3) is 1.00. The van der Waals surface area contributed by atoms with Gasteiger partial charge in [0.15, 0.2) is 9.84 Å². The van der Waals surface area contributed by atoms with Gasteiger partial charge >= 0.3 is 6.18 Å². The van der Waals surface area contributed by atoms with Gasteiger partial charge in [0.05, 0.1) is 17.6 Å². The molecule has 1 N–H and O–H groups in total. The fourth-order valence-electron chi connectivity index (χ4n) is 1.89. The van der Waals surface area contributed by atoms with Crippen LogP contribution in [0.2, 0.25) is 0 Å². The van der Waals surface area contributed by atoms with Gasteiger partial charge in [-0.2, -0.15) is 13.2 Å². The van der Waals surface area contributed by atoms with Gasteiger partial charge in [0.2, 0.25) is 0 Å². The van der Waals surface area contributed by atoms with Gasteiger partial charge in [-0.25, -0.2) is 8.42 Å². The molecule has 0 amide bonds. The summed E-state index contributed by atoms with van der Waals surface area (Å²) in [6.07, 6.45) is -6.09. The number of aliphatic hydroxyl groups is 1. The fourth-order valence-corrected chi connectivity index (χ4v) is 3.77. The summed E-state index contributed by atoms with van der Waals surface area (Å²) in [6, 6.07) is 0. The van der Waals surface area contributed by atoms with Crippen LogP contribution in [0.1, 0.15) is 25.7 Å². The van der Waals surface area contributed by atoms with Gasteiger partial charge in [0, 0.05) is 6.42 Å². The van der Waals surface area contributed by atoms with Crippen LogP contribution in [0.4, 0.5) is 13.2 Å². The summed E-state index contributed by atoms with van der Waals surface area (Å²) >= 11 is 0. The zero-order chi connectivity index (χ0) is 12.4. The van der Waals surface area contributed by atoms with Crippen molar-refractivity contribution in [2.75, 3.05) is 11.5 Å². The second-order valence-corrected chi connectivity index (χ2v) is 6.54. The minimum atomic E-state index is -4.26. The second kappa shape index (κ2) is 4.91. The van der Waals surface area contributed by atoms with E-state index in [1.165, 1.54) is 0 Å². The Morgan fingerprint density at radius 1 is 1.38 bits per heavy atom. The van der Waals surface area contributed by atoms with Gasteiger partial charge in [0.1, 0.15) is 0 Å². The molecule has 0 aromatic carbocycles. The quantitative estimate of drug-likeness (QED) is 0.833. The molecule has 0 aromatic heterocycles. The lowest BCUT2D eigenvalue weighted by Crippen LogP contribution is -2.18. The Balaban J connectivity index is 2.28. The molecule has 0 aliphatic carbocycles. The van der Waals surface area contributed by atoms with Crippen molar-refractivity contribution in [1.29, 1.82) is 0 Å². The van der Waals surface area contributed by atoms with Crippen molar-refractivity contribution in [3.05, 3.63) is 0 Å². The molecule has 2 unspecified atom stereocenters. The van der Waals surface area contributed by atoms with Gasteiger partial charge in [-0.3, -0.25) is 0 Å². The predicted octanol–water partition coefficient (Wildman–Crippen LogP) is 1.51. The van der Waals surface area contributed by atoms with E-state index in [4.69, 9.17) is 0 Å². The van der Waals surface area contributed by atoms with E-state index in [2.05, 4.69) is 0 Å². The van der Waals surface area contributed by atoms with Crippen LogP contribution < -0.4 is 0 Å². The summed E-state index contributed by atoms with van der Waals surface area (Å²) in [7, 11) is -3.02. The average molecular weight is 260 g/mol. The molecule has 96 valence electrons. The topological polar surface area (TPSA) is 54.4 Å². The number of hydrogen-bond donors (Lipinski definition) is 1. The molecular formula is C9H15F3O3S. The summed E-state index contributed by atoms with van der Waals surface area (Å²) in [4.78, 5) is 0. The molecule has 3 nitrogen and oxygen atoms in total. The number of aliphatic hydroxyl groups excluding tert-OH is 1. The standard InChI is InChI=1S/C9H15F3O3S/c10-9(11,12)3-1-8(13)5-7-2-4-16(14,15)6-7/h7-8,13H,1-6H2. The van der Waals surface area contributed by atoms with Gasteiger partial charge < -0.3 is 5.11 Å². The highest BCUT2D eigenvalue weighted by molar-refractivity contribution is 7.91. The first kappa shape index (κ1) is 13.8. The molecule has 1 aliphatic heterocycles. The maximum atomic E-state index is 11.8. The highest BCUT2D eigenvalue weighted by Crippen LogP contribution is 2.27. The molecule has 7 heteroatoms. The van der Waals surface area contributed by atoms with Crippen molar-refractivity contribution in [3.8, 4) is 0 Å². The van der Waals surface area contributed by atoms with Crippen molar-refractivity contribution in [2.24, 2.45) is 5.92 Å². The number of rotatable bonds is 4. The molecule has 1 rings (SSSR count). The second-order valence-electron chi connectivity index (χ2n) is 4.31. The summed E-state index contributed by atoms with van der Waals surface area (Å²) in [5.74, 6) is -0.104. The van der Waals surface area contributed by atoms with E-state index in [9.17, 15) is 26.7 Å². The van der Waals surface area contributed by atoms with Crippen LogP contribution in [0.15, 0.2) is 0 Å². The van der Waals surface area contributed by atoms with Crippen LogP contribution in [0.25, 0.3) is 0 Å². The van der Waals surface area contributed by atoms with Crippen LogP contribution in [-0.2, 0) is 9.84 Å². The summed E-state index contributed by atoms with van der Waals surface area (Å²) in [5.41, 5.74) is 0. The molecule has 0 bridgehead atoms. The van der Waals surface area contributed by atoms with E-state index in [1.807, 2.05) is 0 Å². The molecule has 0 saturated carbocycles. The third-order valence-corrected chi connectivity index (χ3v) is 4.53. The van der Waals surface area contributed by atoms with Crippen molar-refractivity contribution in [1.82, 2.24) is 0 Å². The zero-order valence-corrected chi connectivity index (χ0v) is 9.52. The van der Waals surface area contributed by atoms with Crippen molar-refractivity contribution >= 4 is 9.84 Å². The SMILES string of the molecule is O=S1(=O)CCC(CC(O)CCC(F)(F)F)C1. The van der Waals surface area contributed by atoms with E-state index in [-0.39, 0.29) is 30.3 Å². The summed E-state index contributed by atoms with van der Waals surface area (Å²) < 4.78 is 57.7. The van der Waals surface area contributed by atoms with Crippen LogP contribution in [0.5, 0.6) is 0 Å². The largest absolute Gasteiger partial charge is 0.393 e. The zero-order valence-electron chi connectivity index (χ0n) is 8.70. The maximum Gasteiger partial charge on any atom is 0.389 e. The molecule has 0 spiro atoms. The number of halogens is 3. The first-order valence-electron chi connectivity index (χ1n) is 5.13. The Labute approximate surface area is 92.6 Å². The highest BCUT2D eigenvalue weighted by Gasteiger charge is 2.31. The lowest BCUT2D eigenvalue weighted by Gasteiger charge is -2.15. The maximum absolute atomic E-state index is 11.8. The van der Waals surface area contributed by atoms with E-state index in [0.29, 0.717) is 6.42 Å². The predicted molar refractivity (Wildman–Crippen MR) is 52.7 cm³/mol. The molecule has 0 radical (unpaired) electrons. The number of hydrogen-bond acceptors (Lipinski definition) is 3. The Morgan fingerprint density at radius 2 is 2.00 bits per heavy atom. The third kappa shape index (κ3) is 5.16. The summed E-state index contributed by atoms with van der Waals surface area (Å²) in [5, 5.41) is 9.35. The third-order valence-electron chi connectivity index (χ3n) is 2.69. The van der Waals surface area contributed by atoms with E-state index in [0.717, 1.165) is 0 Å². The highest BCUT2D eigenvalue weighted by atomic mass is 32.2. The van der Waals surface area contributed by atoms with Crippen LogP contribution in [0, 0.1) is 5.92 Å². The molecule has 1 saturated heterocycles. The van der Waals surface area contributed by atoms with Crippen molar-refractivity contribution in [2.45, 2.75) is 38.0 Å². The monoisotopic (exact) mass is 260 g/mol. The van der Waals surface area contributed by atoms with Gasteiger partial charge in [-0.05, 0) is 25.2 Å². The lowest BCUT2D eigenvalue weighted by molar-refractivity contribution is -0.140. The normalized spacial score (nSPS) is 26.9. The Kier molecular flexibility index (Phi) is 4.23. The smallest absolute Gasteiger partial charge is 0.389 e. The van der Waals surface area contributed by atoms with Crippen molar-refractivity contribution in [3.63, 3.8) is 0 Å². The van der Waals surface area contributed by atoms with Gasteiger partial charge in [-0.15, -0.1) is 0 Å². The van der Waals surface area contributed by atoms with Crippen LogP contribution in [0.3, 0.4) is 0 Å². The lowest BCUT2D eigenvalue weighted by atomic mass is 9.98. The van der Waals surface area contributed by atoms with Gasteiger partial charge in [0.25, 0.3) is 0 Å². The Bertz CT molecular complexity index is 323. The van der Waals surface area contributed by atoms with E-state index < -0.39 is 28.5 Å². The minimum absolute atomic E-state index is 0.00389. The number of sulfone groups is 1. The molecule has 16 heavy (non-hydrogen) atoms. The first-order chi connectivity index (χ1) is 7.18.